The average Bonchev–Trinajstić information content (AvgIpc) is 3.04. The van der Waals surface area contributed by atoms with Crippen molar-refractivity contribution in [2.75, 3.05) is 6.54 Å². The second-order valence-corrected chi connectivity index (χ2v) is 5.70. The number of nitrogens with zero attached hydrogens (tertiary/aromatic N) is 2. The predicted octanol–water partition coefficient (Wildman–Crippen LogP) is 3.33. The van der Waals surface area contributed by atoms with E-state index in [9.17, 15) is 4.79 Å². The molecule has 0 unspecified atom stereocenters. The molecule has 2 aromatic carbocycles. The van der Waals surface area contributed by atoms with Crippen molar-refractivity contribution in [3.63, 3.8) is 0 Å². The lowest BCUT2D eigenvalue weighted by atomic mass is 10.1. The lowest BCUT2D eigenvalue weighted by Crippen LogP contribution is -2.25. The number of rotatable bonds is 5. The zero-order chi connectivity index (χ0) is 16.9. The van der Waals surface area contributed by atoms with E-state index in [2.05, 4.69) is 15.5 Å². The van der Waals surface area contributed by atoms with Gasteiger partial charge in [0.05, 0.1) is 0 Å². The van der Waals surface area contributed by atoms with Crippen LogP contribution in [-0.2, 0) is 6.42 Å². The maximum absolute atomic E-state index is 12.0. The molecule has 0 bridgehead atoms. The molecule has 0 saturated heterocycles. The van der Waals surface area contributed by atoms with E-state index in [0.717, 1.165) is 16.7 Å². The van der Waals surface area contributed by atoms with Crippen molar-refractivity contribution in [1.29, 1.82) is 0 Å². The molecule has 0 aliphatic carbocycles. The molecule has 1 N–H and O–H groups in total. The van der Waals surface area contributed by atoms with Gasteiger partial charge in [0.2, 0.25) is 11.7 Å². The first-order valence-electron chi connectivity index (χ1n) is 7.87. The van der Waals surface area contributed by atoms with Gasteiger partial charge in [-0.3, -0.25) is 4.79 Å². The number of benzene rings is 2. The van der Waals surface area contributed by atoms with Gasteiger partial charge in [-0.1, -0.05) is 47.1 Å². The summed E-state index contributed by atoms with van der Waals surface area (Å²) >= 11 is 0. The smallest absolute Gasteiger partial charge is 0.251 e. The summed E-state index contributed by atoms with van der Waals surface area (Å²) < 4.78 is 5.26. The van der Waals surface area contributed by atoms with Gasteiger partial charge < -0.3 is 9.84 Å². The van der Waals surface area contributed by atoms with Crippen LogP contribution in [0.15, 0.2) is 53.1 Å². The van der Waals surface area contributed by atoms with Crippen molar-refractivity contribution in [1.82, 2.24) is 15.5 Å². The largest absolute Gasteiger partial charge is 0.352 e. The number of aromatic nitrogens is 2. The van der Waals surface area contributed by atoms with Gasteiger partial charge in [0.15, 0.2) is 0 Å². The number of hydrogen-bond acceptors (Lipinski definition) is 4. The highest BCUT2D eigenvalue weighted by Crippen LogP contribution is 2.19. The van der Waals surface area contributed by atoms with Crippen LogP contribution in [0, 0.1) is 13.8 Å². The average molecular weight is 321 g/mol. The number of aryl methyl sites for hydroxylation is 2. The molecular weight excluding hydrogens is 302 g/mol. The van der Waals surface area contributed by atoms with Crippen LogP contribution >= 0.6 is 0 Å². The molecule has 1 heterocycles. The van der Waals surface area contributed by atoms with Crippen LogP contribution in [0.1, 0.15) is 27.4 Å². The fourth-order valence-electron chi connectivity index (χ4n) is 2.38. The Kier molecular flexibility index (Phi) is 4.70. The molecule has 5 heteroatoms. The molecule has 0 radical (unpaired) electrons. The molecule has 1 aromatic heterocycles. The van der Waals surface area contributed by atoms with Gasteiger partial charge in [-0.2, -0.15) is 4.98 Å². The summed E-state index contributed by atoms with van der Waals surface area (Å²) in [6.07, 6.45) is 0.497. The molecule has 0 spiro atoms. The molecule has 5 nitrogen and oxygen atoms in total. The Labute approximate surface area is 140 Å². The van der Waals surface area contributed by atoms with Crippen molar-refractivity contribution in [2.24, 2.45) is 0 Å². The Morgan fingerprint density at radius 2 is 1.83 bits per heavy atom. The van der Waals surface area contributed by atoms with Crippen LogP contribution in [0.2, 0.25) is 0 Å². The van der Waals surface area contributed by atoms with Gasteiger partial charge in [0, 0.05) is 24.1 Å². The number of nitrogens with one attached hydrogen (secondary N) is 1. The minimum absolute atomic E-state index is 0.103. The van der Waals surface area contributed by atoms with Gasteiger partial charge in [-0.05, 0) is 31.5 Å². The molecular formula is C19H19N3O2. The van der Waals surface area contributed by atoms with Gasteiger partial charge in [0.25, 0.3) is 5.91 Å². The summed E-state index contributed by atoms with van der Waals surface area (Å²) in [7, 11) is 0. The summed E-state index contributed by atoms with van der Waals surface area (Å²) in [5, 5.41) is 6.87. The third kappa shape index (κ3) is 3.68. The number of carbonyl (C=O) groups is 1. The van der Waals surface area contributed by atoms with Crippen molar-refractivity contribution in [3.8, 4) is 11.4 Å². The Balaban J connectivity index is 1.57. The van der Waals surface area contributed by atoms with Crippen LogP contribution in [0.4, 0.5) is 0 Å². The zero-order valence-electron chi connectivity index (χ0n) is 13.7. The van der Waals surface area contributed by atoms with Crippen LogP contribution in [-0.4, -0.2) is 22.6 Å². The first-order chi connectivity index (χ1) is 11.6. The minimum atomic E-state index is -0.103. The highest BCUT2D eigenvalue weighted by atomic mass is 16.5. The van der Waals surface area contributed by atoms with E-state index in [1.165, 1.54) is 0 Å². The van der Waals surface area contributed by atoms with Gasteiger partial charge in [-0.25, -0.2) is 0 Å². The topological polar surface area (TPSA) is 68.0 Å². The van der Waals surface area contributed by atoms with E-state index in [1.54, 1.807) is 0 Å². The lowest BCUT2D eigenvalue weighted by Gasteiger charge is -2.03. The molecule has 0 aliphatic heterocycles. The summed E-state index contributed by atoms with van der Waals surface area (Å²) in [6.45, 7) is 4.44. The molecule has 24 heavy (non-hydrogen) atoms. The van der Waals surface area contributed by atoms with Gasteiger partial charge in [-0.15, -0.1) is 0 Å². The third-order valence-electron chi connectivity index (χ3n) is 3.79. The summed E-state index contributed by atoms with van der Waals surface area (Å²) in [5.41, 5.74) is 3.82. The first kappa shape index (κ1) is 15.9. The fraction of sp³-hybridized carbons (Fsp3) is 0.211. The molecule has 3 rings (SSSR count). The standard InChI is InChI=1S/C19H19N3O2/c1-13-7-9-15(10-8-13)19(23)20-12-11-17-21-18(22-24-17)16-6-4-3-5-14(16)2/h3-10H,11-12H2,1-2H3,(H,20,23). The first-order valence-corrected chi connectivity index (χ1v) is 7.87. The van der Waals surface area contributed by atoms with Crippen LogP contribution < -0.4 is 5.32 Å². The van der Waals surface area contributed by atoms with Crippen molar-refractivity contribution in [2.45, 2.75) is 20.3 Å². The molecule has 0 saturated carbocycles. The van der Waals surface area contributed by atoms with Crippen LogP contribution in [0.3, 0.4) is 0 Å². The van der Waals surface area contributed by atoms with Crippen molar-refractivity contribution < 1.29 is 9.32 Å². The molecule has 0 atom stereocenters. The highest BCUT2D eigenvalue weighted by molar-refractivity contribution is 5.94. The Bertz CT molecular complexity index is 838. The molecule has 0 aliphatic rings. The van der Waals surface area contributed by atoms with E-state index in [1.807, 2.05) is 62.4 Å². The van der Waals surface area contributed by atoms with Crippen LogP contribution in [0.5, 0.6) is 0 Å². The van der Waals surface area contributed by atoms with Gasteiger partial charge >= 0.3 is 0 Å². The van der Waals surface area contributed by atoms with E-state index in [0.29, 0.717) is 30.2 Å². The molecule has 3 aromatic rings. The second kappa shape index (κ2) is 7.08. The lowest BCUT2D eigenvalue weighted by molar-refractivity contribution is 0.0953. The normalized spacial score (nSPS) is 10.6. The predicted molar refractivity (Wildman–Crippen MR) is 91.7 cm³/mol. The van der Waals surface area contributed by atoms with Crippen molar-refractivity contribution >= 4 is 5.91 Å². The Morgan fingerprint density at radius 3 is 2.58 bits per heavy atom. The maximum Gasteiger partial charge on any atom is 0.251 e. The van der Waals surface area contributed by atoms with E-state index >= 15 is 0 Å². The van der Waals surface area contributed by atoms with Crippen molar-refractivity contribution in [3.05, 3.63) is 71.1 Å². The fourth-order valence-corrected chi connectivity index (χ4v) is 2.38. The number of amides is 1. The summed E-state index contributed by atoms with van der Waals surface area (Å²) in [5.74, 6) is 0.985. The van der Waals surface area contributed by atoms with E-state index < -0.39 is 0 Å². The van der Waals surface area contributed by atoms with Crippen LogP contribution in [0.25, 0.3) is 11.4 Å². The minimum Gasteiger partial charge on any atom is -0.352 e. The monoisotopic (exact) mass is 321 g/mol. The Morgan fingerprint density at radius 1 is 1.08 bits per heavy atom. The third-order valence-corrected chi connectivity index (χ3v) is 3.79. The zero-order valence-corrected chi connectivity index (χ0v) is 13.7. The number of hydrogen-bond donors (Lipinski definition) is 1. The molecule has 0 fully saturated rings. The van der Waals surface area contributed by atoms with E-state index in [4.69, 9.17) is 4.52 Å². The molecule has 122 valence electrons. The quantitative estimate of drug-likeness (QED) is 0.782. The summed E-state index contributed by atoms with van der Waals surface area (Å²) in [4.78, 5) is 16.4. The second-order valence-electron chi connectivity index (χ2n) is 5.70. The highest BCUT2D eigenvalue weighted by Gasteiger charge is 2.11. The van der Waals surface area contributed by atoms with E-state index in [-0.39, 0.29) is 5.91 Å². The molecule has 1 amide bonds. The Hall–Kier alpha value is -2.95. The summed E-state index contributed by atoms with van der Waals surface area (Å²) in [6, 6.07) is 15.3. The number of carbonyl (C=O) groups excluding carboxylic acids is 1. The SMILES string of the molecule is Cc1ccc(C(=O)NCCc2nc(-c3ccccc3C)no2)cc1. The van der Waals surface area contributed by atoms with Gasteiger partial charge in [0.1, 0.15) is 0 Å². The maximum atomic E-state index is 12.0.